The van der Waals surface area contributed by atoms with Crippen LogP contribution in [0.2, 0.25) is 5.02 Å². The predicted octanol–water partition coefficient (Wildman–Crippen LogP) is 4.01. The number of benzene rings is 1. The maximum absolute atomic E-state index is 12.2. The van der Waals surface area contributed by atoms with Gasteiger partial charge in [-0.15, -0.1) is 0 Å². The lowest BCUT2D eigenvalue weighted by atomic mass is 9.88. The summed E-state index contributed by atoms with van der Waals surface area (Å²) in [4.78, 5) is 35.1. The molecule has 1 aliphatic carbocycles. The predicted molar refractivity (Wildman–Crippen MR) is 143 cm³/mol. The molecule has 1 aliphatic heterocycles. The van der Waals surface area contributed by atoms with E-state index < -0.39 is 11.0 Å². The van der Waals surface area contributed by atoms with Gasteiger partial charge < -0.3 is 15.4 Å². The van der Waals surface area contributed by atoms with Crippen molar-refractivity contribution in [1.82, 2.24) is 24.6 Å². The number of aryl methyl sites for hydroxylation is 2. The first-order valence-electron chi connectivity index (χ1n) is 12.9. The van der Waals surface area contributed by atoms with Gasteiger partial charge in [-0.1, -0.05) is 35.9 Å². The largest absolute Gasteiger partial charge is 0.444 e. The minimum atomic E-state index is -0.526. The van der Waals surface area contributed by atoms with Crippen LogP contribution >= 0.6 is 11.6 Å². The molecule has 9 nitrogen and oxygen atoms in total. The van der Waals surface area contributed by atoms with Crippen molar-refractivity contribution in [2.45, 2.75) is 69.9 Å². The van der Waals surface area contributed by atoms with E-state index in [1.165, 1.54) is 0 Å². The number of nitrogens with zero attached hydrogens (tertiary/aromatic N) is 5. The molecule has 3 aromatic rings. The Morgan fingerprint density at radius 3 is 2.58 bits per heavy atom. The summed E-state index contributed by atoms with van der Waals surface area (Å²) in [5.74, 6) is 0.407. The molecule has 0 atom stereocenters. The summed E-state index contributed by atoms with van der Waals surface area (Å²) in [6, 6.07) is 8.11. The van der Waals surface area contributed by atoms with Gasteiger partial charge in [0.2, 0.25) is 5.91 Å². The van der Waals surface area contributed by atoms with Gasteiger partial charge in [0.1, 0.15) is 11.4 Å². The third kappa shape index (κ3) is 5.53. The SMILES string of the molecule is CC(C)(C)OC(=O)N1CC(n2cc(Cc3ncc(Cl)c(CCc4ccccc4C4(C(N)=O)CC4)n3)cn2)C1. The van der Waals surface area contributed by atoms with Crippen molar-refractivity contribution >= 4 is 23.6 Å². The summed E-state index contributed by atoms with van der Waals surface area (Å²) in [5.41, 5.74) is 8.56. The first-order chi connectivity index (χ1) is 18.0. The number of amides is 2. The van der Waals surface area contributed by atoms with E-state index in [2.05, 4.69) is 10.1 Å². The maximum Gasteiger partial charge on any atom is 0.410 e. The molecule has 38 heavy (non-hydrogen) atoms. The van der Waals surface area contributed by atoms with Crippen LogP contribution < -0.4 is 5.73 Å². The van der Waals surface area contributed by atoms with E-state index in [0.29, 0.717) is 43.2 Å². The lowest BCUT2D eigenvalue weighted by Gasteiger charge is -2.39. The Bertz CT molecular complexity index is 1350. The second-order valence-corrected chi connectivity index (χ2v) is 11.6. The van der Waals surface area contributed by atoms with E-state index in [-0.39, 0.29) is 18.0 Å². The normalized spacial score (nSPS) is 16.7. The van der Waals surface area contributed by atoms with Crippen LogP contribution in [0.25, 0.3) is 0 Å². The Morgan fingerprint density at radius 2 is 1.89 bits per heavy atom. The quantitative estimate of drug-likeness (QED) is 0.465. The molecule has 200 valence electrons. The van der Waals surface area contributed by atoms with Crippen molar-refractivity contribution in [3.8, 4) is 0 Å². The van der Waals surface area contributed by atoms with Crippen LogP contribution in [0.5, 0.6) is 0 Å². The molecule has 10 heteroatoms. The fourth-order valence-corrected chi connectivity index (χ4v) is 5.07. The third-order valence-electron chi connectivity index (χ3n) is 7.16. The third-order valence-corrected chi connectivity index (χ3v) is 7.47. The summed E-state index contributed by atoms with van der Waals surface area (Å²) < 4.78 is 7.31. The molecule has 3 heterocycles. The molecule has 2 N–H and O–H groups in total. The number of ether oxygens (including phenoxy) is 1. The number of hydrogen-bond donors (Lipinski definition) is 1. The molecule has 0 radical (unpaired) electrons. The van der Waals surface area contributed by atoms with Gasteiger partial charge in [0.15, 0.2) is 0 Å². The summed E-state index contributed by atoms with van der Waals surface area (Å²) in [7, 11) is 0. The van der Waals surface area contributed by atoms with Crippen LogP contribution in [-0.2, 0) is 34.2 Å². The second-order valence-electron chi connectivity index (χ2n) is 11.2. The van der Waals surface area contributed by atoms with Gasteiger partial charge in [-0.05, 0) is 63.1 Å². The number of rotatable bonds is 8. The van der Waals surface area contributed by atoms with Gasteiger partial charge in [0.05, 0.1) is 28.4 Å². The van der Waals surface area contributed by atoms with E-state index in [4.69, 9.17) is 27.1 Å². The summed E-state index contributed by atoms with van der Waals surface area (Å²) in [6.07, 6.45) is 8.58. The molecular formula is C28H33ClN6O3. The van der Waals surface area contributed by atoms with Crippen molar-refractivity contribution in [2.75, 3.05) is 13.1 Å². The molecule has 2 amide bonds. The molecule has 1 aromatic carbocycles. The Labute approximate surface area is 227 Å². The van der Waals surface area contributed by atoms with E-state index in [1.807, 2.05) is 62.1 Å². The fraction of sp³-hybridized carbons (Fsp3) is 0.464. The van der Waals surface area contributed by atoms with Crippen LogP contribution in [0, 0.1) is 0 Å². The highest BCUT2D eigenvalue weighted by Gasteiger charge is 2.50. The van der Waals surface area contributed by atoms with Gasteiger partial charge in [-0.2, -0.15) is 5.10 Å². The maximum atomic E-state index is 12.2. The van der Waals surface area contributed by atoms with Gasteiger partial charge in [-0.25, -0.2) is 14.8 Å². The summed E-state index contributed by atoms with van der Waals surface area (Å²) in [6.45, 7) is 6.71. The van der Waals surface area contributed by atoms with Gasteiger partial charge in [0.25, 0.3) is 0 Å². The molecule has 1 saturated carbocycles. The van der Waals surface area contributed by atoms with Crippen molar-refractivity contribution < 1.29 is 14.3 Å². The summed E-state index contributed by atoms with van der Waals surface area (Å²) >= 11 is 6.45. The Balaban J connectivity index is 1.21. The van der Waals surface area contributed by atoms with Crippen LogP contribution in [0.4, 0.5) is 4.79 Å². The number of nitrogens with two attached hydrogens (primary N) is 1. The van der Waals surface area contributed by atoms with Crippen molar-refractivity contribution in [2.24, 2.45) is 5.73 Å². The van der Waals surface area contributed by atoms with Gasteiger partial charge >= 0.3 is 6.09 Å². The van der Waals surface area contributed by atoms with E-state index in [9.17, 15) is 9.59 Å². The number of hydrogen-bond acceptors (Lipinski definition) is 6. The lowest BCUT2D eigenvalue weighted by molar-refractivity contribution is -0.120. The van der Waals surface area contributed by atoms with Crippen LogP contribution in [0.3, 0.4) is 0 Å². The zero-order valence-corrected chi connectivity index (χ0v) is 22.7. The molecule has 0 bridgehead atoms. The van der Waals surface area contributed by atoms with Crippen molar-refractivity contribution in [1.29, 1.82) is 0 Å². The number of aromatic nitrogens is 4. The Morgan fingerprint density at radius 1 is 1.16 bits per heavy atom. The van der Waals surface area contributed by atoms with E-state index >= 15 is 0 Å². The van der Waals surface area contributed by atoms with Crippen molar-refractivity contribution in [3.05, 3.63) is 76.1 Å². The number of carbonyl (C=O) groups excluding carboxylic acids is 2. The average molecular weight is 537 g/mol. The van der Waals surface area contributed by atoms with Gasteiger partial charge in [0, 0.05) is 31.9 Å². The smallest absolute Gasteiger partial charge is 0.410 e. The van der Waals surface area contributed by atoms with E-state index in [1.54, 1.807) is 11.1 Å². The first-order valence-corrected chi connectivity index (χ1v) is 13.3. The molecule has 1 saturated heterocycles. The monoisotopic (exact) mass is 536 g/mol. The zero-order valence-electron chi connectivity index (χ0n) is 22.0. The minimum absolute atomic E-state index is 0.119. The molecule has 2 fully saturated rings. The lowest BCUT2D eigenvalue weighted by Crippen LogP contribution is -2.52. The standard InChI is InChI=1S/C28H33ClN6O3/c1-27(2,3)38-26(37)34-16-20(17-34)35-15-18(13-32-35)12-24-31-14-22(29)23(33-24)9-8-19-6-4-5-7-21(19)28(10-11-28)25(30)36/h4-7,13-15,20H,8-12,16-17H2,1-3H3,(H2,30,36). The molecule has 0 spiro atoms. The van der Waals surface area contributed by atoms with Gasteiger partial charge in [-0.3, -0.25) is 9.48 Å². The van der Waals surface area contributed by atoms with E-state index in [0.717, 1.165) is 35.2 Å². The molecular weight excluding hydrogens is 504 g/mol. The Hall–Kier alpha value is -3.46. The number of halogens is 1. The highest BCUT2D eigenvalue weighted by atomic mass is 35.5. The van der Waals surface area contributed by atoms with Crippen molar-refractivity contribution in [3.63, 3.8) is 0 Å². The molecule has 2 aromatic heterocycles. The van der Waals surface area contributed by atoms with Crippen LogP contribution in [0.15, 0.2) is 42.9 Å². The number of carbonyl (C=O) groups is 2. The second kappa shape index (κ2) is 10.0. The first kappa shape index (κ1) is 26.2. The zero-order chi connectivity index (χ0) is 27.1. The fourth-order valence-electron chi connectivity index (χ4n) is 4.89. The van der Waals surface area contributed by atoms with Crippen LogP contribution in [-0.4, -0.2) is 55.3 Å². The molecule has 2 aliphatic rings. The number of likely N-dealkylation sites (tertiary alicyclic amines) is 1. The topological polar surface area (TPSA) is 116 Å². The van der Waals surface area contributed by atoms with Crippen LogP contribution in [0.1, 0.15) is 67.9 Å². The minimum Gasteiger partial charge on any atom is -0.444 e. The number of primary amides is 1. The molecule has 0 unspecified atom stereocenters. The molecule has 5 rings (SSSR count). The Kier molecular flexibility index (Phi) is 6.90. The summed E-state index contributed by atoms with van der Waals surface area (Å²) in [5, 5.41) is 5.01. The highest BCUT2D eigenvalue weighted by Crippen LogP contribution is 2.49. The average Bonchev–Trinajstić information content (AvgIpc) is 3.52. The highest BCUT2D eigenvalue weighted by molar-refractivity contribution is 6.31.